The summed E-state index contributed by atoms with van der Waals surface area (Å²) in [5.41, 5.74) is 32.7. The zero-order valence-corrected chi connectivity index (χ0v) is 26.7. The number of carbonyl (C=O) groups is 5. The summed E-state index contributed by atoms with van der Waals surface area (Å²) in [5, 5.41) is 29.4. The van der Waals surface area contributed by atoms with Crippen molar-refractivity contribution >= 4 is 41.5 Å². The molecule has 0 radical (unpaired) electrons. The highest BCUT2D eigenvalue weighted by Crippen LogP contribution is 2.08. The summed E-state index contributed by atoms with van der Waals surface area (Å²) in [4.78, 5) is 71.7. The Hall–Kier alpha value is -4.23. The van der Waals surface area contributed by atoms with Gasteiger partial charge in [0.25, 0.3) is 0 Å². The number of aliphatic hydroxyl groups excluding tert-OH is 1. The Kier molecular flexibility index (Phi) is 21.0. The Morgan fingerprint density at radius 3 is 1.50 bits per heavy atom. The van der Waals surface area contributed by atoms with E-state index >= 15 is 0 Å². The minimum atomic E-state index is -1.40. The van der Waals surface area contributed by atoms with E-state index in [-0.39, 0.29) is 56.6 Å². The van der Waals surface area contributed by atoms with Gasteiger partial charge in [0.1, 0.15) is 24.2 Å². The third-order valence-electron chi connectivity index (χ3n) is 6.80. The average Bonchev–Trinajstić information content (AvgIpc) is 2.98. The molecule has 0 heterocycles. The Labute approximate surface area is 269 Å². The number of carboxylic acids is 1. The quantitative estimate of drug-likeness (QED) is 0.0265. The van der Waals surface area contributed by atoms with Gasteiger partial charge in [-0.15, -0.1) is 0 Å². The van der Waals surface area contributed by atoms with Crippen LogP contribution in [0.5, 0.6) is 0 Å². The first-order valence-corrected chi connectivity index (χ1v) is 15.3. The molecule has 264 valence electrons. The van der Waals surface area contributed by atoms with Gasteiger partial charge in [-0.05, 0) is 63.8 Å². The van der Waals surface area contributed by atoms with Crippen molar-refractivity contribution in [2.45, 2.75) is 95.4 Å². The molecule has 0 spiro atoms. The van der Waals surface area contributed by atoms with Gasteiger partial charge in [0.15, 0.2) is 11.9 Å². The summed E-state index contributed by atoms with van der Waals surface area (Å²) in [7, 11) is 0. The van der Waals surface area contributed by atoms with Gasteiger partial charge in [0, 0.05) is 13.1 Å². The molecule has 0 saturated heterocycles. The molecule has 0 aliphatic rings. The van der Waals surface area contributed by atoms with Crippen LogP contribution in [0, 0.1) is 5.92 Å². The normalized spacial score (nSPS) is 14.1. The number of hydrogen-bond acceptors (Lipinski definition) is 10. The summed E-state index contributed by atoms with van der Waals surface area (Å²) in [5.74, 6) is -4.80. The third kappa shape index (κ3) is 17.9. The minimum Gasteiger partial charge on any atom is -0.480 e. The Balaban J connectivity index is 5.85. The van der Waals surface area contributed by atoms with E-state index in [4.69, 9.17) is 34.4 Å². The summed E-state index contributed by atoms with van der Waals surface area (Å²) >= 11 is 0. The van der Waals surface area contributed by atoms with Crippen LogP contribution in [0.3, 0.4) is 0 Å². The van der Waals surface area contributed by atoms with E-state index < -0.39 is 66.4 Å². The van der Waals surface area contributed by atoms with Crippen molar-refractivity contribution in [3.8, 4) is 0 Å². The van der Waals surface area contributed by atoms with E-state index in [0.29, 0.717) is 32.2 Å². The van der Waals surface area contributed by atoms with Crippen LogP contribution in [0.2, 0.25) is 0 Å². The van der Waals surface area contributed by atoms with Crippen molar-refractivity contribution in [2.24, 2.45) is 50.3 Å². The Morgan fingerprint density at radius 2 is 1.04 bits per heavy atom. The number of aliphatic carboxylic acids is 1. The number of hydrogen-bond donors (Lipinski definition) is 12. The Bertz CT molecular complexity index is 1030. The highest BCUT2D eigenvalue weighted by Gasteiger charge is 2.31. The first kappa shape index (κ1) is 41.8. The van der Waals surface area contributed by atoms with Gasteiger partial charge >= 0.3 is 5.97 Å². The lowest BCUT2D eigenvalue weighted by molar-refractivity contribution is -0.142. The molecule has 0 fully saturated rings. The third-order valence-corrected chi connectivity index (χ3v) is 6.80. The average molecular weight is 659 g/mol. The topological polar surface area (TPSA) is 355 Å². The molecule has 4 amide bonds. The highest BCUT2D eigenvalue weighted by atomic mass is 16.4. The monoisotopic (exact) mass is 658 g/mol. The number of amides is 4. The molecule has 0 aromatic rings. The van der Waals surface area contributed by atoms with E-state index in [1.807, 2.05) is 0 Å². The molecule has 0 aliphatic heterocycles. The fourth-order valence-electron chi connectivity index (χ4n) is 4.04. The molecule has 19 heteroatoms. The van der Waals surface area contributed by atoms with Gasteiger partial charge in [-0.2, -0.15) is 0 Å². The molecule has 0 bridgehead atoms. The first-order valence-electron chi connectivity index (χ1n) is 15.3. The van der Waals surface area contributed by atoms with Crippen LogP contribution in [0.1, 0.15) is 65.2 Å². The predicted molar refractivity (Wildman–Crippen MR) is 173 cm³/mol. The largest absolute Gasteiger partial charge is 0.480 e. The van der Waals surface area contributed by atoms with E-state index in [2.05, 4.69) is 31.3 Å². The molecule has 0 saturated carbocycles. The van der Waals surface area contributed by atoms with E-state index in [0.717, 1.165) is 0 Å². The summed E-state index contributed by atoms with van der Waals surface area (Å²) in [6.45, 7) is 3.40. The lowest BCUT2D eigenvalue weighted by atomic mass is 10.0. The van der Waals surface area contributed by atoms with Gasteiger partial charge in [0.2, 0.25) is 23.6 Å². The maximum atomic E-state index is 13.5. The zero-order chi connectivity index (χ0) is 35.2. The summed E-state index contributed by atoms with van der Waals surface area (Å²) < 4.78 is 0. The number of nitrogens with one attached hydrogen (secondary N) is 4. The van der Waals surface area contributed by atoms with Gasteiger partial charge in [-0.1, -0.05) is 13.8 Å². The lowest BCUT2D eigenvalue weighted by Crippen LogP contribution is -2.59. The Morgan fingerprint density at radius 1 is 0.630 bits per heavy atom. The number of guanidine groups is 2. The van der Waals surface area contributed by atoms with Gasteiger partial charge < -0.3 is 65.9 Å². The van der Waals surface area contributed by atoms with E-state index in [1.165, 1.54) is 0 Å². The van der Waals surface area contributed by atoms with E-state index in [9.17, 15) is 34.2 Å². The second kappa shape index (κ2) is 23.2. The molecule has 0 aromatic carbocycles. The molecule has 0 aliphatic carbocycles. The van der Waals surface area contributed by atoms with Crippen LogP contribution in [-0.2, 0) is 24.0 Å². The predicted octanol–water partition coefficient (Wildman–Crippen LogP) is -4.39. The first-order chi connectivity index (χ1) is 21.6. The fourth-order valence-corrected chi connectivity index (χ4v) is 4.04. The van der Waals surface area contributed by atoms with Gasteiger partial charge in [-0.25, -0.2) is 4.79 Å². The lowest BCUT2D eigenvalue weighted by Gasteiger charge is -2.26. The van der Waals surface area contributed by atoms with E-state index in [1.54, 1.807) is 13.8 Å². The van der Waals surface area contributed by atoms with Crippen molar-refractivity contribution < 1.29 is 34.2 Å². The molecule has 18 N–H and O–H groups in total. The molecule has 0 aromatic heterocycles. The molecule has 5 atom stereocenters. The number of nitrogens with zero attached hydrogens (tertiary/aromatic N) is 2. The molecule has 46 heavy (non-hydrogen) atoms. The molecular weight excluding hydrogens is 604 g/mol. The van der Waals surface area contributed by atoms with Crippen LogP contribution in [0.15, 0.2) is 9.98 Å². The van der Waals surface area contributed by atoms with Crippen molar-refractivity contribution in [3.63, 3.8) is 0 Å². The van der Waals surface area contributed by atoms with Gasteiger partial charge in [-0.3, -0.25) is 29.2 Å². The number of aliphatic imine (C=N–C) groups is 2. The van der Waals surface area contributed by atoms with Crippen LogP contribution >= 0.6 is 0 Å². The summed E-state index contributed by atoms with van der Waals surface area (Å²) in [6, 6.07) is -6.02. The van der Waals surface area contributed by atoms with Crippen molar-refractivity contribution in [1.82, 2.24) is 21.3 Å². The minimum absolute atomic E-state index is 0.0249. The van der Waals surface area contributed by atoms with Crippen LogP contribution in [0.25, 0.3) is 0 Å². The number of unbranched alkanes of at least 4 members (excludes halogenated alkanes) is 2. The van der Waals surface area contributed by atoms with Crippen molar-refractivity contribution in [3.05, 3.63) is 0 Å². The van der Waals surface area contributed by atoms with Crippen molar-refractivity contribution in [2.75, 3.05) is 26.2 Å². The molecule has 19 nitrogen and oxygen atoms in total. The standard InChI is InChI=1S/C27H54N12O7/c1-15(2)20(29)24(44)39-19(14-40)23(43)37-16(8-3-5-11-28)21(41)36-17(10-7-13-35-27(32)33)22(42)38-18(25(45)46)9-4-6-12-34-26(30)31/h15-20,40H,3-14,28-29H2,1-2H3,(H,36,41)(H,37,43)(H,38,42)(H,39,44)(H,45,46)(H4,30,31,34)(H4,32,33,35)/t16-,17-,18-,19-,20-/m0/s1. The number of aliphatic hydroxyl groups is 1. The number of carbonyl (C=O) groups excluding carboxylic acids is 4. The second-order valence-electron chi connectivity index (χ2n) is 11.1. The molecule has 0 rings (SSSR count). The number of carboxylic acid groups (broad SMARTS) is 1. The van der Waals surface area contributed by atoms with Crippen LogP contribution in [-0.4, -0.2) is 108 Å². The maximum Gasteiger partial charge on any atom is 0.326 e. The van der Waals surface area contributed by atoms with Crippen molar-refractivity contribution in [1.29, 1.82) is 0 Å². The second-order valence-corrected chi connectivity index (χ2v) is 11.1. The SMILES string of the molecule is CC(C)[C@H](N)C(=O)N[C@@H](CO)C(=O)N[C@@H](CCCCN)C(=O)N[C@@H](CCCN=C(N)N)C(=O)N[C@@H](CCCCN=C(N)N)C(=O)O. The smallest absolute Gasteiger partial charge is 0.326 e. The zero-order valence-electron chi connectivity index (χ0n) is 26.7. The maximum absolute atomic E-state index is 13.5. The summed E-state index contributed by atoms with van der Waals surface area (Å²) in [6.07, 6.45) is 2.25. The molecule has 0 unspecified atom stereocenters. The highest BCUT2D eigenvalue weighted by molar-refractivity contribution is 5.95. The van der Waals surface area contributed by atoms with Crippen LogP contribution < -0.4 is 55.7 Å². The number of rotatable bonds is 24. The molecular formula is C27H54N12O7. The van der Waals surface area contributed by atoms with Crippen LogP contribution in [0.4, 0.5) is 0 Å². The fraction of sp³-hybridized carbons (Fsp3) is 0.741. The number of nitrogens with two attached hydrogens (primary N) is 6. The van der Waals surface area contributed by atoms with Gasteiger partial charge in [0.05, 0.1) is 12.6 Å².